The third kappa shape index (κ3) is 5.85. The molecule has 0 aliphatic heterocycles. The van der Waals surface area contributed by atoms with Crippen molar-refractivity contribution >= 4 is 36.4 Å². The van der Waals surface area contributed by atoms with Gasteiger partial charge in [-0.2, -0.15) is 0 Å². The Morgan fingerprint density at radius 1 is 1.30 bits per heavy atom. The molecule has 0 spiro atoms. The molecule has 57 valence electrons. The summed E-state index contributed by atoms with van der Waals surface area (Å²) in [5, 5.41) is 24.1. The van der Waals surface area contributed by atoms with E-state index in [1.54, 1.807) is 0 Å². The Hall–Kier alpha value is -0.282. The SMILES string of the molecule is O=C(O)CC(O)C(=O)O.[Sb]. The maximum Gasteiger partial charge on any atom is 0.333 e. The molecule has 6 heteroatoms. The maximum absolute atomic E-state index is 9.72. The fraction of sp³-hybridized carbons (Fsp3) is 0.500. The van der Waals surface area contributed by atoms with Crippen molar-refractivity contribution in [3.05, 3.63) is 0 Å². The minimum atomic E-state index is -1.79. The van der Waals surface area contributed by atoms with E-state index >= 15 is 0 Å². The van der Waals surface area contributed by atoms with Crippen LogP contribution in [0.1, 0.15) is 6.42 Å². The van der Waals surface area contributed by atoms with Gasteiger partial charge in [-0.25, -0.2) is 4.79 Å². The number of aliphatic hydroxyl groups is 1. The van der Waals surface area contributed by atoms with Crippen LogP contribution < -0.4 is 0 Å². The fourth-order valence-corrected chi connectivity index (χ4v) is 0.253. The van der Waals surface area contributed by atoms with E-state index in [9.17, 15) is 9.59 Å². The number of rotatable bonds is 3. The second-order valence-electron chi connectivity index (χ2n) is 1.45. The van der Waals surface area contributed by atoms with Crippen LogP contribution in [-0.4, -0.2) is 57.8 Å². The molecule has 0 aliphatic carbocycles. The van der Waals surface area contributed by atoms with E-state index in [-0.39, 0.29) is 24.4 Å². The van der Waals surface area contributed by atoms with Gasteiger partial charge in [0.2, 0.25) is 0 Å². The van der Waals surface area contributed by atoms with E-state index in [1.165, 1.54) is 0 Å². The van der Waals surface area contributed by atoms with Crippen LogP contribution in [0, 0.1) is 0 Å². The number of carboxylic acid groups (broad SMARTS) is 2. The van der Waals surface area contributed by atoms with Gasteiger partial charge in [0, 0.05) is 24.4 Å². The predicted molar refractivity (Wildman–Crippen MR) is 31.6 cm³/mol. The maximum atomic E-state index is 9.72. The Balaban J connectivity index is 0. The summed E-state index contributed by atoms with van der Waals surface area (Å²) in [6, 6.07) is 0. The first-order valence-electron chi connectivity index (χ1n) is 2.16. The summed E-state index contributed by atoms with van der Waals surface area (Å²) >= 11 is 0. The van der Waals surface area contributed by atoms with E-state index in [1.807, 2.05) is 0 Å². The molecular formula is C4H6O5Sb. The summed E-state index contributed by atoms with van der Waals surface area (Å²) in [4.78, 5) is 19.4. The van der Waals surface area contributed by atoms with Crippen LogP contribution in [0.3, 0.4) is 0 Å². The second kappa shape index (κ2) is 5.50. The van der Waals surface area contributed by atoms with Crippen molar-refractivity contribution in [3.63, 3.8) is 0 Å². The van der Waals surface area contributed by atoms with Gasteiger partial charge < -0.3 is 15.3 Å². The first-order chi connectivity index (χ1) is 4.04. The van der Waals surface area contributed by atoms with Crippen LogP contribution in [0.2, 0.25) is 0 Å². The van der Waals surface area contributed by atoms with Crippen LogP contribution >= 0.6 is 0 Å². The molecule has 0 aliphatic rings. The summed E-state index contributed by atoms with van der Waals surface area (Å²) in [6.45, 7) is 0. The molecule has 0 heterocycles. The molecule has 0 fully saturated rings. The Morgan fingerprint density at radius 2 is 1.70 bits per heavy atom. The minimum Gasteiger partial charge on any atom is -0.481 e. The average molecular weight is 256 g/mol. The first-order valence-corrected chi connectivity index (χ1v) is 2.16. The number of aliphatic hydroxyl groups excluding tert-OH is 1. The van der Waals surface area contributed by atoms with Crippen molar-refractivity contribution in [1.82, 2.24) is 0 Å². The zero-order valence-corrected chi connectivity index (χ0v) is 7.44. The van der Waals surface area contributed by atoms with Gasteiger partial charge in [0.05, 0.1) is 6.42 Å². The Bertz CT molecular complexity index is 134. The molecule has 0 aromatic heterocycles. The van der Waals surface area contributed by atoms with Crippen molar-refractivity contribution in [3.8, 4) is 0 Å². The Morgan fingerprint density at radius 3 is 1.80 bits per heavy atom. The predicted octanol–water partition coefficient (Wildman–Crippen LogP) is -1.47. The number of carboxylic acids is 2. The summed E-state index contributed by atoms with van der Waals surface area (Å²) in [5.41, 5.74) is 0. The molecule has 0 bridgehead atoms. The van der Waals surface area contributed by atoms with E-state index < -0.39 is 24.5 Å². The van der Waals surface area contributed by atoms with Gasteiger partial charge in [0.1, 0.15) is 0 Å². The monoisotopic (exact) mass is 255 g/mol. The van der Waals surface area contributed by atoms with Crippen molar-refractivity contribution in [2.45, 2.75) is 12.5 Å². The smallest absolute Gasteiger partial charge is 0.333 e. The van der Waals surface area contributed by atoms with Gasteiger partial charge in [-0.05, 0) is 0 Å². The van der Waals surface area contributed by atoms with E-state index in [0.717, 1.165) is 0 Å². The largest absolute Gasteiger partial charge is 0.481 e. The molecule has 3 N–H and O–H groups in total. The molecule has 0 aromatic rings. The topological polar surface area (TPSA) is 94.8 Å². The molecule has 0 aromatic carbocycles. The molecule has 0 rings (SSSR count). The molecule has 0 amide bonds. The van der Waals surface area contributed by atoms with Crippen molar-refractivity contribution in [2.24, 2.45) is 0 Å². The van der Waals surface area contributed by atoms with Crippen LogP contribution in [0.4, 0.5) is 0 Å². The standard InChI is InChI=1S/C4H6O5.Sb/c5-2(4(8)9)1-3(6)7;/h2,5H,1H2,(H,6,7)(H,8,9);. The number of aliphatic carboxylic acids is 2. The van der Waals surface area contributed by atoms with Gasteiger partial charge in [0.15, 0.2) is 6.10 Å². The van der Waals surface area contributed by atoms with Crippen LogP contribution in [-0.2, 0) is 9.59 Å². The summed E-state index contributed by atoms with van der Waals surface area (Å²) in [5.74, 6) is -2.85. The molecule has 5 nitrogen and oxygen atoms in total. The molecular weight excluding hydrogens is 250 g/mol. The molecule has 3 radical (unpaired) electrons. The fourth-order valence-electron chi connectivity index (χ4n) is 0.253. The molecule has 0 saturated heterocycles. The molecule has 1 atom stereocenters. The minimum absolute atomic E-state index is 0. The molecule has 1 unspecified atom stereocenters. The zero-order valence-electron chi connectivity index (χ0n) is 4.89. The number of carbonyl (C=O) groups is 2. The summed E-state index contributed by atoms with van der Waals surface area (Å²) in [6.07, 6.45) is -2.54. The summed E-state index contributed by atoms with van der Waals surface area (Å²) < 4.78 is 0. The molecule has 0 saturated carbocycles. The normalized spacial score (nSPS) is 11.3. The third-order valence-electron chi connectivity index (χ3n) is 0.653. The Kier molecular flexibility index (Phi) is 6.82. The molecule has 10 heavy (non-hydrogen) atoms. The van der Waals surface area contributed by atoms with E-state index in [0.29, 0.717) is 0 Å². The summed E-state index contributed by atoms with van der Waals surface area (Å²) in [7, 11) is 0. The van der Waals surface area contributed by atoms with Crippen LogP contribution in [0.25, 0.3) is 0 Å². The second-order valence-corrected chi connectivity index (χ2v) is 1.45. The van der Waals surface area contributed by atoms with Gasteiger partial charge in [0.25, 0.3) is 0 Å². The van der Waals surface area contributed by atoms with Crippen LogP contribution in [0.5, 0.6) is 0 Å². The van der Waals surface area contributed by atoms with Gasteiger partial charge in [-0.1, -0.05) is 0 Å². The van der Waals surface area contributed by atoms with Crippen molar-refractivity contribution < 1.29 is 24.9 Å². The first kappa shape index (κ1) is 12.4. The zero-order chi connectivity index (χ0) is 7.44. The van der Waals surface area contributed by atoms with Gasteiger partial charge >= 0.3 is 11.9 Å². The van der Waals surface area contributed by atoms with Crippen molar-refractivity contribution in [1.29, 1.82) is 0 Å². The van der Waals surface area contributed by atoms with E-state index in [2.05, 4.69) is 0 Å². The Labute approximate surface area is 74.1 Å². The number of hydrogen-bond donors (Lipinski definition) is 3. The third-order valence-corrected chi connectivity index (χ3v) is 0.653. The quantitative estimate of drug-likeness (QED) is 0.535. The van der Waals surface area contributed by atoms with Crippen LogP contribution in [0.15, 0.2) is 0 Å². The number of hydrogen-bond acceptors (Lipinski definition) is 3. The van der Waals surface area contributed by atoms with Gasteiger partial charge in [-0.15, -0.1) is 0 Å². The van der Waals surface area contributed by atoms with Crippen molar-refractivity contribution in [2.75, 3.05) is 0 Å². The average Bonchev–Trinajstić information content (AvgIpc) is 1.63. The van der Waals surface area contributed by atoms with Gasteiger partial charge in [-0.3, -0.25) is 4.79 Å². The van der Waals surface area contributed by atoms with E-state index in [4.69, 9.17) is 15.3 Å².